The van der Waals surface area contributed by atoms with Gasteiger partial charge in [0.05, 0.1) is 0 Å². The van der Waals surface area contributed by atoms with Gasteiger partial charge in [-0.25, -0.2) is 0 Å². The lowest BCUT2D eigenvalue weighted by Crippen LogP contribution is -1.81. The third-order valence-corrected chi connectivity index (χ3v) is 2.52. The second-order valence-corrected chi connectivity index (χ2v) is 3.91. The van der Waals surface area contributed by atoms with Crippen LogP contribution in [0.1, 0.15) is 58.3 Å². The van der Waals surface area contributed by atoms with Gasteiger partial charge in [0.1, 0.15) is 0 Å². The Morgan fingerprint density at radius 3 is 1.83 bits per heavy atom. The molecule has 2 heteroatoms. The molecule has 0 nitrogen and oxygen atoms in total. The first-order chi connectivity index (χ1) is 5.91. The largest absolute Gasteiger partial charge is 0.165 e. The van der Waals surface area contributed by atoms with E-state index in [1.807, 2.05) is 0 Å². The first-order valence-corrected chi connectivity index (χ1v) is 6.04. The molecule has 0 heterocycles. The van der Waals surface area contributed by atoms with Crippen molar-refractivity contribution in [2.24, 2.45) is 0 Å². The smallest absolute Gasteiger partial charge is 0.0443 e. The Balaban J connectivity index is 2.73. The summed E-state index contributed by atoms with van der Waals surface area (Å²) < 4.78 is 11.6. The van der Waals surface area contributed by atoms with Crippen LogP contribution in [0.5, 0.6) is 0 Å². The maximum atomic E-state index is 11.6. The zero-order valence-corrected chi connectivity index (χ0v) is 8.97. The fourth-order valence-corrected chi connectivity index (χ4v) is 1.60. The summed E-state index contributed by atoms with van der Waals surface area (Å²) in [5.74, 6) is 0.689. The highest BCUT2D eigenvalue weighted by Gasteiger charge is 1.91. The first kappa shape index (κ1) is 12.3. The summed E-state index contributed by atoms with van der Waals surface area (Å²) in [6.07, 6.45) is 10.4. The summed E-state index contributed by atoms with van der Waals surface area (Å²) in [6.45, 7) is 2.23. The van der Waals surface area contributed by atoms with Crippen LogP contribution in [0.15, 0.2) is 0 Å². The highest BCUT2D eigenvalue weighted by Crippen LogP contribution is 2.10. The Morgan fingerprint density at radius 2 is 1.33 bits per heavy atom. The first-order valence-electron chi connectivity index (χ1n) is 5.15. The fourth-order valence-electron chi connectivity index (χ4n) is 1.29. The van der Waals surface area contributed by atoms with Crippen molar-refractivity contribution in [2.75, 3.05) is 5.75 Å². The second-order valence-electron chi connectivity index (χ2n) is 3.29. The summed E-state index contributed by atoms with van der Waals surface area (Å²) in [5, 5.41) is 0. The molecule has 74 valence electrons. The average Bonchev–Trinajstić information content (AvgIpc) is 2.10. The van der Waals surface area contributed by atoms with Crippen molar-refractivity contribution in [2.45, 2.75) is 58.3 Å². The molecule has 0 spiro atoms. The number of unbranched alkanes of at least 4 members (excludes halogenated alkanes) is 7. The number of hydrogen-bond donors (Lipinski definition) is 0. The van der Waals surface area contributed by atoms with Crippen molar-refractivity contribution in [3.63, 3.8) is 0 Å². The zero-order chi connectivity index (χ0) is 9.07. The van der Waals surface area contributed by atoms with E-state index in [0.29, 0.717) is 17.9 Å². The predicted molar refractivity (Wildman–Crippen MR) is 56.2 cm³/mol. The molecule has 0 saturated carbocycles. The Bertz CT molecular complexity index is 66.2. The molecule has 0 aliphatic rings. The Hall–Kier alpha value is 0.280. The van der Waals surface area contributed by atoms with Crippen molar-refractivity contribution in [1.29, 1.82) is 0 Å². The van der Waals surface area contributed by atoms with Crippen LogP contribution < -0.4 is 0 Å². The Kier molecular flexibility index (Phi) is 11.5. The Labute approximate surface area is 80.6 Å². The lowest BCUT2D eigenvalue weighted by Gasteiger charge is -1.99. The fraction of sp³-hybridized carbons (Fsp3) is 1.00. The molecule has 0 saturated heterocycles. The monoisotopic (exact) mass is 192 g/mol. The molecular weight excluding hydrogens is 171 g/mol. The van der Waals surface area contributed by atoms with Gasteiger partial charge in [-0.05, 0) is 6.42 Å². The van der Waals surface area contributed by atoms with Gasteiger partial charge in [-0.3, -0.25) is 0 Å². The third-order valence-electron chi connectivity index (χ3n) is 2.08. The maximum absolute atomic E-state index is 11.6. The van der Waals surface area contributed by atoms with Gasteiger partial charge >= 0.3 is 0 Å². The molecule has 0 aromatic carbocycles. The van der Waals surface area contributed by atoms with Crippen LogP contribution in [0.3, 0.4) is 0 Å². The molecule has 0 rings (SSSR count). The molecule has 0 aliphatic heterocycles. The van der Waals surface area contributed by atoms with Crippen LogP contribution in [-0.2, 0) is 0 Å². The van der Waals surface area contributed by atoms with Crippen molar-refractivity contribution in [1.82, 2.24) is 0 Å². The highest BCUT2D eigenvalue weighted by atomic mass is 32.2. The highest BCUT2D eigenvalue weighted by molar-refractivity contribution is 7.94. The minimum Gasteiger partial charge on any atom is -0.165 e. The lowest BCUT2D eigenvalue weighted by molar-refractivity contribution is 0.586. The van der Waals surface area contributed by atoms with Gasteiger partial charge in [-0.2, -0.15) is 3.89 Å². The van der Waals surface area contributed by atoms with E-state index in [2.05, 4.69) is 6.92 Å². The maximum Gasteiger partial charge on any atom is 0.0443 e. The molecule has 0 N–H and O–H groups in total. The van der Waals surface area contributed by atoms with Gasteiger partial charge in [0, 0.05) is 17.9 Å². The van der Waals surface area contributed by atoms with Crippen molar-refractivity contribution in [3.8, 4) is 0 Å². The summed E-state index contributed by atoms with van der Waals surface area (Å²) >= 11 is 0.474. The van der Waals surface area contributed by atoms with Gasteiger partial charge in [0.25, 0.3) is 0 Å². The van der Waals surface area contributed by atoms with E-state index in [-0.39, 0.29) is 0 Å². The molecule has 0 fully saturated rings. The van der Waals surface area contributed by atoms with Crippen LogP contribution >= 0.6 is 12.1 Å². The minimum atomic E-state index is 0.474. The van der Waals surface area contributed by atoms with Crippen molar-refractivity contribution < 1.29 is 3.89 Å². The summed E-state index contributed by atoms with van der Waals surface area (Å²) in [7, 11) is 0. The molecule has 0 unspecified atom stereocenters. The van der Waals surface area contributed by atoms with E-state index in [0.717, 1.165) is 6.42 Å². The Morgan fingerprint density at radius 1 is 0.833 bits per heavy atom. The van der Waals surface area contributed by atoms with Crippen LogP contribution in [0, 0.1) is 0 Å². The van der Waals surface area contributed by atoms with E-state index in [1.165, 1.54) is 44.9 Å². The van der Waals surface area contributed by atoms with E-state index in [1.54, 1.807) is 0 Å². The third kappa shape index (κ3) is 10.3. The van der Waals surface area contributed by atoms with Gasteiger partial charge in [0.15, 0.2) is 0 Å². The van der Waals surface area contributed by atoms with Crippen molar-refractivity contribution >= 4 is 12.1 Å². The summed E-state index contributed by atoms with van der Waals surface area (Å²) in [6, 6.07) is 0. The minimum absolute atomic E-state index is 0.474. The van der Waals surface area contributed by atoms with Gasteiger partial charge in [-0.15, -0.1) is 0 Å². The molecule has 0 radical (unpaired) electrons. The van der Waals surface area contributed by atoms with E-state index in [4.69, 9.17) is 0 Å². The molecule has 0 aromatic heterocycles. The molecule has 0 aliphatic carbocycles. The molecule has 0 amide bonds. The van der Waals surface area contributed by atoms with E-state index >= 15 is 0 Å². The standard InChI is InChI=1S/C10H21FS/c1-2-3-4-5-6-7-8-9-10-12-11/h2-10H2,1H3. The lowest BCUT2D eigenvalue weighted by atomic mass is 10.1. The predicted octanol–water partition coefficient (Wildman–Crippen LogP) is 4.74. The van der Waals surface area contributed by atoms with Gasteiger partial charge in [-0.1, -0.05) is 51.9 Å². The normalized spacial score (nSPS) is 10.5. The molecule has 12 heavy (non-hydrogen) atoms. The molecular formula is C10H21FS. The molecule has 0 atom stereocenters. The van der Waals surface area contributed by atoms with Crippen LogP contribution in [0.2, 0.25) is 0 Å². The quantitative estimate of drug-likeness (QED) is 0.475. The van der Waals surface area contributed by atoms with Crippen LogP contribution in [-0.4, -0.2) is 5.75 Å². The SMILES string of the molecule is CCCCCCCCCCSF. The van der Waals surface area contributed by atoms with Gasteiger partial charge < -0.3 is 0 Å². The second kappa shape index (κ2) is 11.3. The van der Waals surface area contributed by atoms with Crippen LogP contribution in [0.25, 0.3) is 0 Å². The molecule has 0 aromatic rings. The number of halogens is 1. The number of hydrogen-bond acceptors (Lipinski definition) is 1. The number of rotatable bonds is 9. The van der Waals surface area contributed by atoms with Gasteiger partial charge in [0.2, 0.25) is 0 Å². The average molecular weight is 192 g/mol. The summed E-state index contributed by atoms with van der Waals surface area (Å²) in [4.78, 5) is 0. The summed E-state index contributed by atoms with van der Waals surface area (Å²) in [5.41, 5.74) is 0. The van der Waals surface area contributed by atoms with Crippen LogP contribution in [0.4, 0.5) is 3.89 Å². The topological polar surface area (TPSA) is 0 Å². The van der Waals surface area contributed by atoms with E-state index in [9.17, 15) is 3.89 Å². The zero-order valence-electron chi connectivity index (χ0n) is 8.15. The van der Waals surface area contributed by atoms with E-state index < -0.39 is 0 Å². The van der Waals surface area contributed by atoms with Crippen molar-refractivity contribution in [3.05, 3.63) is 0 Å². The molecule has 0 bridgehead atoms.